The van der Waals surface area contributed by atoms with E-state index in [1.54, 1.807) is 6.07 Å². The highest BCUT2D eigenvalue weighted by molar-refractivity contribution is 5.71. The van der Waals surface area contributed by atoms with E-state index in [9.17, 15) is 4.79 Å². The predicted octanol–water partition coefficient (Wildman–Crippen LogP) is 5.14. The zero-order valence-electron chi connectivity index (χ0n) is 13.2. The van der Waals surface area contributed by atoms with Gasteiger partial charge in [0.05, 0.1) is 12.7 Å². The second-order valence-corrected chi connectivity index (χ2v) is 5.44. The van der Waals surface area contributed by atoms with Gasteiger partial charge in [-0.2, -0.15) is 5.26 Å². The van der Waals surface area contributed by atoms with E-state index in [1.165, 1.54) is 64.2 Å². The number of hydrogen-bond donors (Lipinski definition) is 0. The van der Waals surface area contributed by atoms with Crippen LogP contribution in [0.1, 0.15) is 90.4 Å². The standard InChI is InChI=1S/C17H31NO2/c1-2-3-4-5-6-7-8-9-10-11-12-13-16-20-17(19)14-15-18/h2-14,16H2,1H3. The van der Waals surface area contributed by atoms with Crippen LogP contribution < -0.4 is 0 Å². The van der Waals surface area contributed by atoms with Crippen LogP contribution in [0, 0.1) is 11.3 Å². The second-order valence-electron chi connectivity index (χ2n) is 5.44. The van der Waals surface area contributed by atoms with Crippen molar-refractivity contribution in [2.45, 2.75) is 90.4 Å². The normalized spacial score (nSPS) is 10.2. The molecule has 0 bridgehead atoms. The molecule has 0 aliphatic rings. The molecule has 0 radical (unpaired) electrons. The van der Waals surface area contributed by atoms with E-state index in [4.69, 9.17) is 10.00 Å². The third-order valence-electron chi connectivity index (χ3n) is 3.48. The van der Waals surface area contributed by atoms with Crippen molar-refractivity contribution in [3.05, 3.63) is 0 Å². The molecule has 0 spiro atoms. The van der Waals surface area contributed by atoms with Crippen LogP contribution in [-0.4, -0.2) is 12.6 Å². The molecule has 0 N–H and O–H groups in total. The van der Waals surface area contributed by atoms with Crippen LogP contribution in [0.25, 0.3) is 0 Å². The SMILES string of the molecule is CCCCCCCCCCCCCCOC(=O)CC#N. The minimum absolute atomic E-state index is 0.127. The minimum atomic E-state index is -0.393. The van der Waals surface area contributed by atoms with Gasteiger partial charge in [-0.25, -0.2) is 0 Å². The number of esters is 1. The van der Waals surface area contributed by atoms with E-state index < -0.39 is 5.97 Å². The van der Waals surface area contributed by atoms with E-state index in [1.807, 2.05) is 0 Å². The molecule has 0 aromatic heterocycles. The summed E-state index contributed by atoms with van der Waals surface area (Å²) in [5, 5.41) is 8.29. The molecule has 3 nitrogen and oxygen atoms in total. The summed E-state index contributed by atoms with van der Waals surface area (Å²) in [5.41, 5.74) is 0. The summed E-state index contributed by atoms with van der Waals surface area (Å²) < 4.78 is 4.91. The van der Waals surface area contributed by atoms with Crippen molar-refractivity contribution in [1.29, 1.82) is 5.26 Å². The quantitative estimate of drug-likeness (QED) is 0.327. The van der Waals surface area contributed by atoms with Crippen LogP contribution >= 0.6 is 0 Å². The fraction of sp³-hybridized carbons (Fsp3) is 0.882. The van der Waals surface area contributed by atoms with Crippen molar-refractivity contribution in [1.82, 2.24) is 0 Å². The Morgan fingerprint density at radius 1 is 0.850 bits per heavy atom. The highest BCUT2D eigenvalue weighted by Crippen LogP contribution is 2.11. The van der Waals surface area contributed by atoms with Crippen molar-refractivity contribution >= 4 is 5.97 Å². The van der Waals surface area contributed by atoms with Gasteiger partial charge < -0.3 is 4.74 Å². The van der Waals surface area contributed by atoms with Gasteiger partial charge in [0.1, 0.15) is 6.42 Å². The maximum Gasteiger partial charge on any atom is 0.320 e. The van der Waals surface area contributed by atoms with E-state index in [-0.39, 0.29) is 6.42 Å². The van der Waals surface area contributed by atoms with Crippen molar-refractivity contribution in [3.8, 4) is 6.07 Å². The smallest absolute Gasteiger partial charge is 0.320 e. The van der Waals surface area contributed by atoms with Crippen LogP contribution in [0.3, 0.4) is 0 Å². The molecule has 0 aromatic rings. The number of ether oxygens (including phenoxy) is 1. The molecule has 0 unspecified atom stereocenters. The number of carbonyl (C=O) groups is 1. The van der Waals surface area contributed by atoms with E-state index in [0.29, 0.717) is 6.61 Å². The summed E-state index contributed by atoms with van der Waals surface area (Å²) in [6.45, 7) is 2.72. The highest BCUT2D eigenvalue weighted by atomic mass is 16.5. The number of carbonyl (C=O) groups excluding carboxylic acids is 1. The highest BCUT2D eigenvalue weighted by Gasteiger charge is 2.00. The number of hydrogen-bond acceptors (Lipinski definition) is 3. The molecule has 0 aromatic carbocycles. The zero-order chi connectivity index (χ0) is 14.9. The van der Waals surface area contributed by atoms with Crippen molar-refractivity contribution < 1.29 is 9.53 Å². The third kappa shape index (κ3) is 15.0. The van der Waals surface area contributed by atoms with Gasteiger partial charge in [-0.1, -0.05) is 77.6 Å². The van der Waals surface area contributed by atoms with Crippen molar-refractivity contribution in [2.75, 3.05) is 6.61 Å². The summed E-state index contributed by atoms with van der Waals surface area (Å²) in [6.07, 6.45) is 15.4. The molecule has 0 rings (SSSR count). The van der Waals surface area contributed by atoms with E-state index in [0.717, 1.165) is 12.8 Å². The Morgan fingerprint density at radius 2 is 1.30 bits per heavy atom. The van der Waals surface area contributed by atoms with Gasteiger partial charge in [0.25, 0.3) is 0 Å². The first-order valence-electron chi connectivity index (χ1n) is 8.33. The number of unbranched alkanes of at least 4 members (excludes halogenated alkanes) is 11. The molecule has 0 amide bonds. The lowest BCUT2D eigenvalue weighted by atomic mass is 10.1. The second kappa shape index (κ2) is 16.0. The molecule has 0 fully saturated rings. The first kappa shape index (κ1) is 19.0. The van der Waals surface area contributed by atoms with E-state index in [2.05, 4.69) is 6.92 Å². The fourth-order valence-electron chi connectivity index (χ4n) is 2.24. The van der Waals surface area contributed by atoms with E-state index >= 15 is 0 Å². The Balaban J connectivity index is 3.03. The topological polar surface area (TPSA) is 50.1 Å². The predicted molar refractivity (Wildman–Crippen MR) is 82.3 cm³/mol. The van der Waals surface area contributed by atoms with Gasteiger partial charge in [0, 0.05) is 0 Å². The Morgan fingerprint density at radius 3 is 1.75 bits per heavy atom. The molecule has 0 saturated heterocycles. The lowest BCUT2D eigenvalue weighted by Gasteiger charge is -2.03. The van der Waals surface area contributed by atoms with Gasteiger partial charge in [0.15, 0.2) is 0 Å². The molecular weight excluding hydrogens is 250 g/mol. The molecule has 116 valence electrons. The van der Waals surface area contributed by atoms with Crippen molar-refractivity contribution in [3.63, 3.8) is 0 Å². The fourth-order valence-corrected chi connectivity index (χ4v) is 2.24. The van der Waals surface area contributed by atoms with Gasteiger partial charge in [-0.05, 0) is 6.42 Å². The zero-order valence-corrected chi connectivity index (χ0v) is 13.2. The summed E-state index contributed by atoms with van der Waals surface area (Å²) in [5.74, 6) is -0.393. The van der Waals surface area contributed by atoms with Gasteiger partial charge in [-0.15, -0.1) is 0 Å². The van der Waals surface area contributed by atoms with Crippen LogP contribution in [0.15, 0.2) is 0 Å². The molecule has 0 heterocycles. The van der Waals surface area contributed by atoms with Crippen molar-refractivity contribution in [2.24, 2.45) is 0 Å². The lowest BCUT2D eigenvalue weighted by Crippen LogP contribution is -2.04. The summed E-state index contributed by atoms with van der Waals surface area (Å²) in [6, 6.07) is 1.79. The average molecular weight is 281 g/mol. The Hall–Kier alpha value is -1.04. The van der Waals surface area contributed by atoms with Crippen LogP contribution in [0.5, 0.6) is 0 Å². The van der Waals surface area contributed by atoms with Gasteiger partial charge in [0.2, 0.25) is 0 Å². The minimum Gasteiger partial charge on any atom is -0.465 e. The largest absolute Gasteiger partial charge is 0.465 e. The first-order chi connectivity index (χ1) is 9.81. The maximum absolute atomic E-state index is 10.9. The molecule has 0 aliphatic carbocycles. The number of nitrogens with zero attached hydrogens (tertiary/aromatic N) is 1. The summed E-state index contributed by atoms with van der Waals surface area (Å²) in [4.78, 5) is 10.9. The number of rotatable bonds is 14. The molecule has 3 heteroatoms. The molecule has 0 atom stereocenters. The molecule has 20 heavy (non-hydrogen) atoms. The van der Waals surface area contributed by atoms with Crippen LogP contribution in [0.2, 0.25) is 0 Å². The average Bonchev–Trinajstić information content (AvgIpc) is 2.44. The first-order valence-corrected chi connectivity index (χ1v) is 8.33. The summed E-state index contributed by atoms with van der Waals surface area (Å²) in [7, 11) is 0. The monoisotopic (exact) mass is 281 g/mol. The Bertz CT molecular complexity index is 258. The number of nitriles is 1. The van der Waals surface area contributed by atoms with Gasteiger partial charge >= 0.3 is 5.97 Å². The van der Waals surface area contributed by atoms with Crippen LogP contribution in [-0.2, 0) is 9.53 Å². The summed E-state index contributed by atoms with van der Waals surface area (Å²) >= 11 is 0. The van der Waals surface area contributed by atoms with Gasteiger partial charge in [-0.3, -0.25) is 4.79 Å². The molecular formula is C17H31NO2. The molecule has 0 saturated carbocycles. The third-order valence-corrected chi connectivity index (χ3v) is 3.48. The van der Waals surface area contributed by atoms with Crippen LogP contribution in [0.4, 0.5) is 0 Å². The maximum atomic E-state index is 10.9. The Labute approximate surface area is 124 Å². The lowest BCUT2D eigenvalue weighted by molar-refractivity contribution is -0.142. The molecule has 0 aliphatic heterocycles. The Kier molecular flexibility index (Phi) is 15.2.